The van der Waals surface area contributed by atoms with E-state index in [9.17, 15) is 23.1 Å². The summed E-state index contributed by atoms with van der Waals surface area (Å²) in [6.07, 6.45) is 0.374. The molecule has 0 radical (unpaired) electrons. The summed E-state index contributed by atoms with van der Waals surface area (Å²) < 4.78 is 42.3. The molecule has 3 aromatic rings. The van der Waals surface area contributed by atoms with E-state index in [-0.39, 0.29) is 30.2 Å². The number of halogens is 4. The van der Waals surface area contributed by atoms with Crippen LogP contribution in [0.1, 0.15) is 23.5 Å². The molecular weight excluding hydrogens is 457 g/mol. The Hall–Kier alpha value is -3.33. The van der Waals surface area contributed by atoms with Crippen molar-refractivity contribution in [3.8, 4) is 0 Å². The molecule has 2 heterocycles. The van der Waals surface area contributed by atoms with Crippen molar-refractivity contribution in [1.82, 2.24) is 14.9 Å². The average molecular weight is 477 g/mol. The monoisotopic (exact) mass is 476 g/mol. The molecule has 10 heteroatoms. The lowest BCUT2D eigenvalue weighted by Gasteiger charge is -2.44. The maximum Gasteiger partial charge on any atom is 0.407 e. The third kappa shape index (κ3) is 5.03. The molecule has 1 fully saturated rings. The molecule has 0 saturated carbocycles. The zero-order valence-corrected chi connectivity index (χ0v) is 18.1. The number of hydrogen-bond donors (Lipinski definition) is 1. The van der Waals surface area contributed by atoms with Gasteiger partial charge in [0.05, 0.1) is 6.04 Å². The molecule has 6 nitrogen and oxygen atoms in total. The minimum absolute atomic E-state index is 0.0427. The van der Waals surface area contributed by atoms with Gasteiger partial charge in [-0.2, -0.15) is 0 Å². The molecule has 1 aromatic heterocycles. The molecule has 1 N–H and O–H groups in total. The molecule has 1 aliphatic heterocycles. The summed E-state index contributed by atoms with van der Waals surface area (Å²) in [6.45, 7) is 0.572. The van der Waals surface area contributed by atoms with Gasteiger partial charge in [0.15, 0.2) is 11.6 Å². The van der Waals surface area contributed by atoms with Crippen LogP contribution in [-0.2, 0) is 6.54 Å². The maximum absolute atomic E-state index is 14.7. The van der Waals surface area contributed by atoms with E-state index in [1.807, 2.05) is 11.0 Å². The average Bonchev–Trinajstić information content (AvgIpc) is 2.80. The molecule has 1 amide bonds. The molecule has 2 atom stereocenters. The van der Waals surface area contributed by atoms with Crippen LogP contribution in [0.2, 0.25) is 5.15 Å². The molecule has 172 valence electrons. The van der Waals surface area contributed by atoms with Gasteiger partial charge >= 0.3 is 6.09 Å². The summed E-state index contributed by atoms with van der Waals surface area (Å²) >= 11 is 5.99. The zero-order valence-electron chi connectivity index (χ0n) is 17.3. The molecule has 4 rings (SSSR count). The second-order valence-corrected chi connectivity index (χ2v) is 8.18. The summed E-state index contributed by atoms with van der Waals surface area (Å²) in [5.41, 5.74) is 0.685. The molecule has 0 unspecified atom stereocenters. The maximum atomic E-state index is 14.7. The summed E-state index contributed by atoms with van der Waals surface area (Å²) in [5.74, 6) is -3.59. The van der Waals surface area contributed by atoms with Crippen LogP contribution in [-0.4, -0.2) is 45.2 Å². The van der Waals surface area contributed by atoms with Gasteiger partial charge in [0.2, 0.25) is 0 Å². The van der Waals surface area contributed by atoms with E-state index in [1.54, 1.807) is 30.3 Å². The first-order valence-corrected chi connectivity index (χ1v) is 10.6. The number of benzene rings is 2. The number of rotatable bonds is 5. The Kier molecular flexibility index (Phi) is 6.69. The highest BCUT2D eigenvalue weighted by atomic mass is 35.5. The molecule has 0 spiro atoms. The Labute approximate surface area is 193 Å². The fraction of sp³-hybridized carbons (Fsp3) is 0.261. The number of aromatic nitrogens is 2. The number of carboxylic acid groups (broad SMARTS) is 1. The van der Waals surface area contributed by atoms with Gasteiger partial charge < -0.3 is 10.0 Å². The van der Waals surface area contributed by atoms with Gasteiger partial charge in [-0.3, -0.25) is 4.90 Å². The number of anilines is 1. The standard InChI is InChI=1S/C23H20ClF3N4O2/c24-21-10-22(29-13-28-21)30-7-6-15(16-8-18(26)19(27)9-17(16)25)20(12-30)31(23(32)33)11-14-4-2-1-3-5-14/h1-5,8-10,13,15,20H,6-7,11-12H2,(H,32,33)/t15-,20+/m1/s1. The van der Waals surface area contributed by atoms with E-state index < -0.39 is 35.5 Å². The lowest BCUT2D eigenvalue weighted by molar-refractivity contribution is 0.106. The van der Waals surface area contributed by atoms with Crippen LogP contribution in [0.25, 0.3) is 0 Å². The van der Waals surface area contributed by atoms with E-state index in [4.69, 9.17) is 11.6 Å². The van der Waals surface area contributed by atoms with Crippen LogP contribution in [0.5, 0.6) is 0 Å². The molecule has 0 bridgehead atoms. The predicted molar refractivity (Wildman–Crippen MR) is 117 cm³/mol. The van der Waals surface area contributed by atoms with Gasteiger partial charge in [0, 0.05) is 37.7 Å². The first-order chi connectivity index (χ1) is 15.8. The van der Waals surface area contributed by atoms with E-state index >= 15 is 0 Å². The predicted octanol–water partition coefficient (Wildman–Crippen LogP) is 5.09. The first-order valence-electron chi connectivity index (χ1n) is 10.2. The van der Waals surface area contributed by atoms with Crippen molar-refractivity contribution in [1.29, 1.82) is 0 Å². The van der Waals surface area contributed by atoms with Crippen LogP contribution < -0.4 is 4.90 Å². The SMILES string of the molecule is O=C(O)N(Cc1ccccc1)[C@H]1CN(c2cc(Cl)ncn2)CC[C@@H]1c1cc(F)c(F)cc1F. The second kappa shape index (κ2) is 9.66. The van der Waals surface area contributed by atoms with Crippen molar-refractivity contribution in [2.24, 2.45) is 0 Å². The highest BCUT2D eigenvalue weighted by molar-refractivity contribution is 6.29. The first kappa shape index (κ1) is 22.8. The Balaban J connectivity index is 1.73. The number of nitrogens with zero attached hydrogens (tertiary/aromatic N) is 4. The number of carbonyl (C=O) groups is 1. The second-order valence-electron chi connectivity index (χ2n) is 7.79. The van der Waals surface area contributed by atoms with Gasteiger partial charge in [-0.25, -0.2) is 27.9 Å². The van der Waals surface area contributed by atoms with E-state index in [2.05, 4.69) is 9.97 Å². The Morgan fingerprint density at radius 1 is 1.09 bits per heavy atom. The molecule has 0 aliphatic carbocycles. The third-order valence-corrected chi connectivity index (χ3v) is 6.01. The van der Waals surface area contributed by atoms with Crippen LogP contribution in [0.15, 0.2) is 54.9 Å². The van der Waals surface area contributed by atoms with Crippen molar-refractivity contribution in [2.45, 2.75) is 24.9 Å². The van der Waals surface area contributed by atoms with Crippen LogP contribution in [0.4, 0.5) is 23.8 Å². The number of amides is 1. The van der Waals surface area contributed by atoms with E-state index in [0.29, 0.717) is 18.4 Å². The quantitative estimate of drug-likeness (QED) is 0.410. The summed E-state index contributed by atoms with van der Waals surface area (Å²) in [7, 11) is 0. The van der Waals surface area contributed by atoms with Gasteiger partial charge in [-0.1, -0.05) is 41.9 Å². The summed E-state index contributed by atoms with van der Waals surface area (Å²) in [6, 6.07) is 11.1. The topological polar surface area (TPSA) is 69.6 Å². The minimum Gasteiger partial charge on any atom is -0.465 e. The van der Waals surface area contributed by atoms with Gasteiger partial charge in [-0.15, -0.1) is 0 Å². The molecule has 1 saturated heterocycles. The van der Waals surface area contributed by atoms with Gasteiger partial charge in [-0.05, 0) is 23.6 Å². The van der Waals surface area contributed by atoms with Crippen LogP contribution in [0.3, 0.4) is 0 Å². The lowest BCUT2D eigenvalue weighted by atomic mass is 9.83. The highest BCUT2D eigenvalue weighted by Gasteiger charge is 2.39. The largest absolute Gasteiger partial charge is 0.465 e. The Bertz CT molecular complexity index is 1150. The van der Waals surface area contributed by atoms with Crippen LogP contribution >= 0.6 is 11.6 Å². The zero-order chi connectivity index (χ0) is 23.5. The Morgan fingerprint density at radius 2 is 1.82 bits per heavy atom. The van der Waals surface area contributed by atoms with Crippen molar-refractivity contribution in [3.05, 3.63) is 88.6 Å². The summed E-state index contributed by atoms with van der Waals surface area (Å²) in [4.78, 5) is 23.4. The Morgan fingerprint density at radius 3 is 2.52 bits per heavy atom. The van der Waals surface area contributed by atoms with E-state index in [1.165, 1.54) is 11.2 Å². The van der Waals surface area contributed by atoms with Gasteiger partial charge in [0.1, 0.15) is 23.1 Å². The number of piperidine rings is 1. The van der Waals surface area contributed by atoms with Crippen molar-refractivity contribution in [3.63, 3.8) is 0 Å². The van der Waals surface area contributed by atoms with Gasteiger partial charge in [0.25, 0.3) is 0 Å². The molecule has 1 aliphatic rings. The normalized spacial score (nSPS) is 18.2. The smallest absolute Gasteiger partial charge is 0.407 e. The highest BCUT2D eigenvalue weighted by Crippen LogP contribution is 2.36. The third-order valence-electron chi connectivity index (χ3n) is 5.81. The van der Waals surface area contributed by atoms with Crippen molar-refractivity contribution >= 4 is 23.5 Å². The molecule has 33 heavy (non-hydrogen) atoms. The molecule has 2 aromatic carbocycles. The summed E-state index contributed by atoms with van der Waals surface area (Å²) in [5, 5.41) is 10.3. The van der Waals surface area contributed by atoms with Crippen molar-refractivity contribution in [2.75, 3.05) is 18.0 Å². The lowest BCUT2D eigenvalue weighted by Crippen LogP contribution is -2.53. The van der Waals surface area contributed by atoms with E-state index in [0.717, 1.165) is 11.6 Å². The van der Waals surface area contributed by atoms with Crippen molar-refractivity contribution < 1.29 is 23.1 Å². The molecular formula is C23H20ClF3N4O2. The van der Waals surface area contributed by atoms with Crippen LogP contribution in [0, 0.1) is 17.5 Å². The minimum atomic E-state index is -1.29. The fourth-order valence-corrected chi connectivity index (χ4v) is 4.39. The number of hydrogen-bond acceptors (Lipinski definition) is 4. The fourth-order valence-electron chi connectivity index (χ4n) is 4.24.